The van der Waals surface area contributed by atoms with E-state index < -0.39 is 5.41 Å². The predicted octanol–water partition coefficient (Wildman–Crippen LogP) is 4.30. The number of para-hydroxylation sites is 1. The second-order valence-electron chi connectivity index (χ2n) is 8.74. The van der Waals surface area contributed by atoms with E-state index in [2.05, 4.69) is 28.0 Å². The molecule has 35 heavy (non-hydrogen) atoms. The fourth-order valence-corrected chi connectivity index (χ4v) is 5.24. The molecule has 0 radical (unpaired) electrons. The zero-order valence-corrected chi connectivity index (χ0v) is 19.5. The SMILES string of the molecule is CCOc1nc2c(c(-c3ccccc3)c1C#N)CC(C#N)(C#N)C1CN(c3ccccc3)CCN21. The third-order valence-corrected chi connectivity index (χ3v) is 6.90. The number of fused-ring (bicyclic) bond motifs is 3. The van der Waals surface area contributed by atoms with E-state index in [1.165, 1.54) is 0 Å². The number of nitrogens with zero attached hydrogens (tertiary/aromatic N) is 6. The molecule has 0 saturated carbocycles. The van der Waals surface area contributed by atoms with Gasteiger partial charge in [0.1, 0.15) is 17.5 Å². The molecule has 7 nitrogen and oxygen atoms in total. The molecule has 1 unspecified atom stereocenters. The van der Waals surface area contributed by atoms with Crippen molar-refractivity contribution in [1.82, 2.24) is 4.98 Å². The van der Waals surface area contributed by atoms with Gasteiger partial charge in [0.05, 0.1) is 24.8 Å². The van der Waals surface area contributed by atoms with Crippen LogP contribution in [-0.4, -0.2) is 37.3 Å². The number of pyridine rings is 1. The highest BCUT2D eigenvalue weighted by Gasteiger charge is 2.52. The molecule has 7 heteroatoms. The van der Waals surface area contributed by atoms with Gasteiger partial charge in [-0.25, -0.2) is 0 Å². The van der Waals surface area contributed by atoms with Gasteiger partial charge in [-0.3, -0.25) is 0 Å². The van der Waals surface area contributed by atoms with Crippen LogP contribution in [0.4, 0.5) is 11.5 Å². The summed E-state index contributed by atoms with van der Waals surface area (Å²) in [5.74, 6) is 0.989. The number of anilines is 2. The zero-order chi connectivity index (χ0) is 24.4. The first-order valence-electron chi connectivity index (χ1n) is 11.7. The average Bonchev–Trinajstić information content (AvgIpc) is 2.93. The van der Waals surface area contributed by atoms with Gasteiger partial charge in [0.2, 0.25) is 5.88 Å². The molecule has 3 heterocycles. The number of nitriles is 3. The van der Waals surface area contributed by atoms with Crippen LogP contribution in [0, 0.1) is 39.4 Å². The van der Waals surface area contributed by atoms with Gasteiger partial charge in [0.15, 0.2) is 5.41 Å². The standard InChI is InChI=1S/C28H24N6O/c1-2-35-27-23(16-29)25(20-9-5-3-6-10-20)22-15-28(18-30,19-31)24-17-33(21-11-7-4-8-12-21)13-14-34(24)26(22)32-27/h3-12,24H,2,13-15,17H2,1H3. The maximum absolute atomic E-state index is 10.4. The van der Waals surface area contributed by atoms with Crippen molar-refractivity contribution in [2.24, 2.45) is 5.41 Å². The molecule has 1 atom stereocenters. The van der Waals surface area contributed by atoms with Crippen LogP contribution in [-0.2, 0) is 6.42 Å². The molecule has 2 aromatic carbocycles. The van der Waals surface area contributed by atoms with Gasteiger partial charge in [-0.1, -0.05) is 48.5 Å². The average molecular weight is 461 g/mol. The Hall–Kier alpha value is -4.54. The maximum Gasteiger partial charge on any atom is 0.234 e. The second-order valence-corrected chi connectivity index (χ2v) is 8.74. The minimum absolute atomic E-state index is 0.192. The second kappa shape index (κ2) is 9.01. The molecule has 172 valence electrons. The monoisotopic (exact) mass is 460 g/mol. The topological polar surface area (TPSA) is 100.0 Å². The third kappa shape index (κ3) is 3.61. The first-order chi connectivity index (χ1) is 17.2. The summed E-state index contributed by atoms with van der Waals surface area (Å²) in [6.07, 6.45) is 0.192. The van der Waals surface area contributed by atoms with Gasteiger partial charge in [0, 0.05) is 42.9 Å². The first kappa shape index (κ1) is 22.3. The lowest BCUT2D eigenvalue weighted by atomic mass is 9.71. The molecule has 0 N–H and O–H groups in total. The van der Waals surface area contributed by atoms with Crippen LogP contribution in [0.15, 0.2) is 60.7 Å². The minimum Gasteiger partial charge on any atom is -0.477 e. The van der Waals surface area contributed by atoms with Crippen molar-refractivity contribution in [2.45, 2.75) is 19.4 Å². The van der Waals surface area contributed by atoms with E-state index in [4.69, 9.17) is 9.72 Å². The number of hydrogen-bond donors (Lipinski definition) is 0. The number of benzene rings is 2. The smallest absolute Gasteiger partial charge is 0.234 e. The molecular formula is C28H24N6O. The lowest BCUT2D eigenvalue weighted by Crippen LogP contribution is -2.62. The Morgan fingerprint density at radius 3 is 2.31 bits per heavy atom. The first-order valence-corrected chi connectivity index (χ1v) is 11.7. The lowest BCUT2D eigenvalue weighted by molar-refractivity contribution is 0.315. The normalized spacial score (nSPS) is 17.8. The van der Waals surface area contributed by atoms with Gasteiger partial charge in [0.25, 0.3) is 0 Å². The maximum atomic E-state index is 10.4. The molecule has 1 saturated heterocycles. The van der Waals surface area contributed by atoms with E-state index in [1.807, 2.05) is 67.6 Å². The molecule has 1 aromatic heterocycles. The van der Waals surface area contributed by atoms with Gasteiger partial charge in [-0.05, 0) is 24.6 Å². The summed E-state index contributed by atoms with van der Waals surface area (Å²) in [5.41, 5.74) is 2.41. The summed E-state index contributed by atoms with van der Waals surface area (Å²) in [6, 6.07) is 26.3. The molecule has 0 aliphatic carbocycles. The molecule has 0 spiro atoms. The van der Waals surface area contributed by atoms with E-state index in [0.717, 1.165) is 23.4 Å². The van der Waals surface area contributed by atoms with Crippen LogP contribution < -0.4 is 14.5 Å². The van der Waals surface area contributed by atoms with Crippen molar-refractivity contribution in [2.75, 3.05) is 36.0 Å². The number of rotatable bonds is 4. The lowest BCUT2D eigenvalue weighted by Gasteiger charge is -2.50. The quantitative estimate of drug-likeness (QED) is 0.572. The molecular weight excluding hydrogens is 436 g/mol. The molecule has 2 aliphatic rings. The Bertz CT molecular complexity index is 1350. The summed E-state index contributed by atoms with van der Waals surface area (Å²) in [4.78, 5) is 9.13. The number of hydrogen-bond acceptors (Lipinski definition) is 7. The van der Waals surface area contributed by atoms with Crippen LogP contribution in [0.5, 0.6) is 5.88 Å². The molecule has 3 aromatic rings. The van der Waals surface area contributed by atoms with Crippen LogP contribution >= 0.6 is 0 Å². The highest BCUT2D eigenvalue weighted by molar-refractivity contribution is 5.82. The fraction of sp³-hybridized carbons (Fsp3) is 0.286. The Kier molecular flexibility index (Phi) is 5.73. The van der Waals surface area contributed by atoms with Gasteiger partial charge < -0.3 is 14.5 Å². The van der Waals surface area contributed by atoms with Crippen LogP contribution in [0.3, 0.4) is 0 Å². The molecule has 0 amide bonds. The fourth-order valence-electron chi connectivity index (χ4n) is 5.24. The number of aromatic nitrogens is 1. The number of piperazine rings is 1. The summed E-state index contributed by atoms with van der Waals surface area (Å²) in [5, 5.41) is 30.8. The largest absolute Gasteiger partial charge is 0.477 e. The summed E-state index contributed by atoms with van der Waals surface area (Å²) >= 11 is 0. The molecule has 1 fully saturated rings. The van der Waals surface area contributed by atoms with Crippen molar-refractivity contribution < 1.29 is 4.74 Å². The van der Waals surface area contributed by atoms with Crippen molar-refractivity contribution in [3.05, 3.63) is 71.8 Å². The van der Waals surface area contributed by atoms with E-state index in [1.54, 1.807) is 0 Å². The van der Waals surface area contributed by atoms with Gasteiger partial charge >= 0.3 is 0 Å². The van der Waals surface area contributed by atoms with E-state index in [-0.39, 0.29) is 12.5 Å². The van der Waals surface area contributed by atoms with E-state index >= 15 is 0 Å². The molecule has 5 rings (SSSR count). The Morgan fingerprint density at radius 2 is 1.69 bits per heavy atom. The molecule has 2 aliphatic heterocycles. The summed E-state index contributed by atoms with van der Waals surface area (Å²) in [7, 11) is 0. The zero-order valence-electron chi connectivity index (χ0n) is 19.5. The number of ether oxygens (including phenoxy) is 1. The van der Waals surface area contributed by atoms with Crippen molar-refractivity contribution in [3.63, 3.8) is 0 Å². The van der Waals surface area contributed by atoms with Gasteiger partial charge in [-0.15, -0.1) is 0 Å². The van der Waals surface area contributed by atoms with E-state index in [9.17, 15) is 15.8 Å². The van der Waals surface area contributed by atoms with Crippen molar-refractivity contribution in [1.29, 1.82) is 15.8 Å². The Labute approximate surface area is 205 Å². The molecule has 0 bridgehead atoms. The van der Waals surface area contributed by atoms with Crippen molar-refractivity contribution >= 4 is 11.5 Å². The summed E-state index contributed by atoms with van der Waals surface area (Å²) in [6.45, 7) is 4.08. The van der Waals surface area contributed by atoms with Crippen LogP contribution in [0.25, 0.3) is 11.1 Å². The minimum atomic E-state index is -1.29. The Balaban J connectivity index is 1.71. The van der Waals surface area contributed by atoms with Crippen molar-refractivity contribution in [3.8, 4) is 35.2 Å². The summed E-state index contributed by atoms with van der Waals surface area (Å²) < 4.78 is 5.83. The highest BCUT2D eigenvalue weighted by atomic mass is 16.5. The van der Waals surface area contributed by atoms with E-state index in [0.29, 0.717) is 42.5 Å². The predicted molar refractivity (Wildman–Crippen MR) is 133 cm³/mol. The van der Waals surface area contributed by atoms with Crippen LogP contribution in [0.2, 0.25) is 0 Å². The van der Waals surface area contributed by atoms with Gasteiger partial charge in [-0.2, -0.15) is 20.8 Å². The highest BCUT2D eigenvalue weighted by Crippen LogP contribution is 2.48. The third-order valence-electron chi connectivity index (χ3n) is 6.90. The van der Waals surface area contributed by atoms with Crippen LogP contribution in [0.1, 0.15) is 18.1 Å². The Morgan fingerprint density at radius 1 is 1.00 bits per heavy atom.